The van der Waals surface area contributed by atoms with Gasteiger partial charge in [0.1, 0.15) is 0 Å². The van der Waals surface area contributed by atoms with Crippen molar-refractivity contribution < 1.29 is 8.42 Å². The molecule has 0 radical (unpaired) electrons. The Bertz CT molecular complexity index is 870. The molecule has 0 aliphatic carbocycles. The monoisotopic (exact) mass is 337 g/mol. The summed E-state index contributed by atoms with van der Waals surface area (Å²) in [7, 11) is -3.53. The van der Waals surface area contributed by atoms with E-state index in [2.05, 4.69) is 4.72 Å². The van der Waals surface area contributed by atoms with Gasteiger partial charge in [0.15, 0.2) is 0 Å². The quantitative estimate of drug-likeness (QED) is 0.781. The fraction of sp³-hybridized carbons (Fsp3) is 0.0667. The molecule has 0 fully saturated rings. The first-order chi connectivity index (χ1) is 10.1. The molecule has 108 valence electrons. The van der Waals surface area contributed by atoms with Crippen molar-refractivity contribution in [2.75, 3.05) is 0 Å². The number of nitrogens with one attached hydrogen (secondary N) is 1. The van der Waals surface area contributed by atoms with E-state index in [1.807, 2.05) is 29.6 Å². The molecule has 0 spiro atoms. The number of hydrogen-bond acceptors (Lipinski definition) is 3. The van der Waals surface area contributed by atoms with E-state index in [9.17, 15) is 8.42 Å². The smallest absolute Gasteiger partial charge is 0.207 e. The van der Waals surface area contributed by atoms with Crippen LogP contribution in [0.2, 0.25) is 5.02 Å². The molecule has 0 amide bonds. The number of hydrogen-bond donors (Lipinski definition) is 1. The fourth-order valence-electron chi connectivity index (χ4n) is 2.04. The standard InChI is InChI=1S/C15H12ClNO2S2/c16-12-5-7-13(8-6-12)21(18,19)17-9-11-10-20-15-4-2-1-3-14(11)15/h1-8,10,17H,9H2. The highest BCUT2D eigenvalue weighted by atomic mass is 35.5. The molecule has 0 saturated heterocycles. The van der Waals surface area contributed by atoms with Gasteiger partial charge in [-0.05, 0) is 46.7 Å². The van der Waals surface area contributed by atoms with Crippen molar-refractivity contribution in [1.29, 1.82) is 0 Å². The van der Waals surface area contributed by atoms with Gasteiger partial charge < -0.3 is 0 Å². The van der Waals surface area contributed by atoms with Crippen LogP contribution in [0.5, 0.6) is 0 Å². The minimum atomic E-state index is -3.53. The second-order valence-corrected chi connectivity index (χ2v) is 7.65. The van der Waals surface area contributed by atoms with Crippen LogP contribution in [0.1, 0.15) is 5.56 Å². The maximum atomic E-state index is 12.2. The zero-order chi connectivity index (χ0) is 14.9. The van der Waals surface area contributed by atoms with E-state index >= 15 is 0 Å². The second-order valence-electron chi connectivity index (χ2n) is 4.54. The van der Waals surface area contributed by atoms with E-state index in [-0.39, 0.29) is 11.4 Å². The highest BCUT2D eigenvalue weighted by Crippen LogP contribution is 2.25. The molecule has 3 nitrogen and oxygen atoms in total. The van der Waals surface area contributed by atoms with Crippen LogP contribution in [0.15, 0.2) is 58.8 Å². The van der Waals surface area contributed by atoms with Gasteiger partial charge in [-0.2, -0.15) is 0 Å². The highest BCUT2D eigenvalue weighted by Gasteiger charge is 2.14. The number of fused-ring (bicyclic) bond motifs is 1. The molecule has 0 saturated carbocycles. The van der Waals surface area contributed by atoms with E-state index in [4.69, 9.17) is 11.6 Å². The summed E-state index contributed by atoms with van der Waals surface area (Å²) < 4.78 is 28.2. The van der Waals surface area contributed by atoms with Crippen molar-refractivity contribution >= 4 is 43.0 Å². The molecule has 1 N–H and O–H groups in total. The molecular weight excluding hydrogens is 326 g/mol. The molecule has 3 rings (SSSR count). The maximum Gasteiger partial charge on any atom is 0.240 e. The van der Waals surface area contributed by atoms with Crippen molar-refractivity contribution in [2.45, 2.75) is 11.4 Å². The molecule has 1 aromatic heterocycles. The average Bonchev–Trinajstić information content (AvgIpc) is 2.89. The molecule has 0 unspecified atom stereocenters. The zero-order valence-electron chi connectivity index (χ0n) is 10.9. The minimum absolute atomic E-state index is 0.214. The summed E-state index contributed by atoms with van der Waals surface area (Å²) in [5.74, 6) is 0. The van der Waals surface area contributed by atoms with Crippen molar-refractivity contribution in [2.24, 2.45) is 0 Å². The lowest BCUT2D eigenvalue weighted by Crippen LogP contribution is -2.23. The Morgan fingerprint density at radius 2 is 1.76 bits per heavy atom. The lowest BCUT2D eigenvalue weighted by atomic mass is 10.2. The Labute approximate surface area is 132 Å². The molecule has 0 aliphatic rings. The molecule has 2 aromatic carbocycles. The first kappa shape index (κ1) is 14.5. The zero-order valence-corrected chi connectivity index (χ0v) is 13.3. The molecule has 21 heavy (non-hydrogen) atoms. The van der Waals surface area contributed by atoms with E-state index < -0.39 is 10.0 Å². The lowest BCUT2D eigenvalue weighted by Gasteiger charge is -2.06. The molecule has 1 heterocycles. The molecular formula is C15H12ClNO2S2. The largest absolute Gasteiger partial charge is 0.240 e. The van der Waals surface area contributed by atoms with Gasteiger partial charge in [0.05, 0.1) is 4.90 Å². The van der Waals surface area contributed by atoms with Gasteiger partial charge in [0.25, 0.3) is 0 Å². The third-order valence-electron chi connectivity index (χ3n) is 3.14. The third kappa shape index (κ3) is 3.11. The Kier molecular flexibility index (Phi) is 3.99. The number of halogens is 1. The van der Waals surface area contributed by atoms with Crippen LogP contribution in [-0.2, 0) is 16.6 Å². The molecule has 0 bridgehead atoms. The Morgan fingerprint density at radius 3 is 2.52 bits per heavy atom. The number of benzene rings is 2. The van der Waals surface area contributed by atoms with Crippen LogP contribution in [-0.4, -0.2) is 8.42 Å². The van der Waals surface area contributed by atoms with Gasteiger partial charge in [-0.3, -0.25) is 0 Å². The summed E-state index contributed by atoms with van der Waals surface area (Å²) >= 11 is 7.38. The van der Waals surface area contributed by atoms with Crippen LogP contribution >= 0.6 is 22.9 Å². The predicted molar refractivity (Wildman–Crippen MR) is 87.3 cm³/mol. The lowest BCUT2D eigenvalue weighted by molar-refractivity contribution is 0.581. The number of thiophene rings is 1. The van der Waals surface area contributed by atoms with Crippen LogP contribution in [0.25, 0.3) is 10.1 Å². The Morgan fingerprint density at radius 1 is 1.05 bits per heavy atom. The first-order valence-corrected chi connectivity index (χ1v) is 9.01. The second kappa shape index (κ2) is 5.77. The molecule has 3 aromatic rings. The molecule has 0 atom stereocenters. The third-order valence-corrected chi connectivity index (χ3v) is 5.82. The van der Waals surface area contributed by atoms with Gasteiger partial charge in [-0.25, -0.2) is 13.1 Å². The van der Waals surface area contributed by atoms with Crippen LogP contribution in [0.4, 0.5) is 0 Å². The molecule has 0 aliphatic heterocycles. The Balaban J connectivity index is 1.82. The summed E-state index contributed by atoms with van der Waals surface area (Å²) in [6.45, 7) is 0.273. The molecule has 6 heteroatoms. The summed E-state index contributed by atoms with van der Waals surface area (Å²) in [6, 6.07) is 14.1. The van der Waals surface area contributed by atoms with Crippen molar-refractivity contribution in [3.05, 3.63) is 64.5 Å². The number of sulfonamides is 1. The van der Waals surface area contributed by atoms with Gasteiger partial charge in [0, 0.05) is 16.3 Å². The summed E-state index contributed by atoms with van der Waals surface area (Å²) in [4.78, 5) is 0.214. The Hall–Kier alpha value is -1.40. The topological polar surface area (TPSA) is 46.2 Å². The maximum absolute atomic E-state index is 12.2. The van der Waals surface area contributed by atoms with E-state index in [1.54, 1.807) is 23.5 Å². The first-order valence-electron chi connectivity index (χ1n) is 6.26. The van der Waals surface area contributed by atoms with Crippen LogP contribution in [0, 0.1) is 0 Å². The summed E-state index contributed by atoms with van der Waals surface area (Å²) in [6.07, 6.45) is 0. The fourth-order valence-corrected chi connectivity index (χ4v) is 4.13. The summed E-state index contributed by atoms with van der Waals surface area (Å²) in [5.41, 5.74) is 0.980. The van der Waals surface area contributed by atoms with Gasteiger partial charge in [-0.15, -0.1) is 11.3 Å². The average molecular weight is 338 g/mol. The van der Waals surface area contributed by atoms with Crippen molar-refractivity contribution in [1.82, 2.24) is 4.72 Å². The van der Waals surface area contributed by atoms with Crippen LogP contribution < -0.4 is 4.72 Å². The van der Waals surface area contributed by atoms with Crippen molar-refractivity contribution in [3.8, 4) is 0 Å². The highest BCUT2D eigenvalue weighted by molar-refractivity contribution is 7.89. The van der Waals surface area contributed by atoms with Gasteiger partial charge >= 0.3 is 0 Å². The van der Waals surface area contributed by atoms with E-state index in [0.717, 1.165) is 15.6 Å². The van der Waals surface area contributed by atoms with Gasteiger partial charge in [0.2, 0.25) is 10.0 Å². The van der Waals surface area contributed by atoms with E-state index in [0.29, 0.717) is 5.02 Å². The predicted octanol–water partition coefficient (Wildman–Crippen LogP) is 4.03. The number of rotatable bonds is 4. The normalized spacial score (nSPS) is 11.9. The van der Waals surface area contributed by atoms with Crippen LogP contribution in [0.3, 0.4) is 0 Å². The van der Waals surface area contributed by atoms with E-state index in [1.165, 1.54) is 12.1 Å². The van der Waals surface area contributed by atoms with Gasteiger partial charge in [-0.1, -0.05) is 29.8 Å². The SMILES string of the molecule is O=S(=O)(NCc1csc2ccccc12)c1ccc(Cl)cc1. The van der Waals surface area contributed by atoms with Crippen molar-refractivity contribution in [3.63, 3.8) is 0 Å². The summed E-state index contributed by atoms with van der Waals surface area (Å²) in [5, 5.41) is 3.58. The minimum Gasteiger partial charge on any atom is -0.207 e.